The first kappa shape index (κ1) is 20.8. The number of halogens is 6. The molecule has 0 fully saturated rings. The molecule has 2 rings (SSSR count). The molecule has 0 aliphatic carbocycles. The molecule has 0 amide bonds. The van der Waals surface area contributed by atoms with E-state index < -0.39 is 29.1 Å². The second-order valence-corrected chi connectivity index (χ2v) is 6.99. The summed E-state index contributed by atoms with van der Waals surface area (Å²) >= 11 is 0. The van der Waals surface area contributed by atoms with Crippen molar-refractivity contribution in [1.29, 1.82) is 0 Å². The number of hydrogen-bond donors (Lipinski definition) is 2. The minimum Gasteiger partial charge on any atom is -0.350 e. The molecule has 2 aromatic rings. The van der Waals surface area contributed by atoms with E-state index in [1.54, 1.807) is 20.8 Å². The Labute approximate surface area is 152 Å². The molecule has 1 aromatic carbocycles. The second kappa shape index (κ2) is 6.90. The third-order valence-electron chi connectivity index (χ3n) is 3.32. The molecule has 4 nitrogen and oxygen atoms in total. The summed E-state index contributed by atoms with van der Waals surface area (Å²) in [7, 11) is 0. The first-order chi connectivity index (χ1) is 12.1. The predicted molar refractivity (Wildman–Crippen MR) is 89.9 cm³/mol. The summed E-state index contributed by atoms with van der Waals surface area (Å²) in [5, 5.41) is 5.21. The number of nitrogens with zero attached hydrogens (tertiary/aromatic N) is 2. The van der Waals surface area contributed by atoms with E-state index in [0.717, 1.165) is 6.07 Å². The van der Waals surface area contributed by atoms with E-state index in [0.29, 0.717) is 6.07 Å². The Kier molecular flexibility index (Phi) is 5.31. The molecule has 2 N–H and O–H groups in total. The Morgan fingerprint density at radius 1 is 0.852 bits per heavy atom. The smallest absolute Gasteiger partial charge is 0.350 e. The molecule has 10 heteroatoms. The van der Waals surface area contributed by atoms with E-state index in [9.17, 15) is 26.3 Å². The monoisotopic (exact) mass is 392 g/mol. The van der Waals surface area contributed by atoms with Crippen LogP contribution in [-0.4, -0.2) is 15.5 Å². The molecule has 0 aliphatic rings. The zero-order valence-electron chi connectivity index (χ0n) is 15.0. The first-order valence-electron chi connectivity index (χ1n) is 7.84. The maximum Gasteiger partial charge on any atom is 0.433 e. The first-order valence-corrected chi connectivity index (χ1v) is 7.84. The van der Waals surface area contributed by atoms with Crippen molar-refractivity contribution in [2.24, 2.45) is 0 Å². The maximum atomic E-state index is 13.1. The summed E-state index contributed by atoms with van der Waals surface area (Å²) in [4.78, 5) is 7.36. The zero-order valence-corrected chi connectivity index (χ0v) is 15.0. The van der Waals surface area contributed by atoms with Crippen molar-refractivity contribution in [2.75, 3.05) is 10.6 Å². The molecular formula is C17H18F6N4. The van der Waals surface area contributed by atoms with Gasteiger partial charge in [0.1, 0.15) is 5.82 Å². The van der Waals surface area contributed by atoms with Crippen LogP contribution >= 0.6 is 0 Å². The van der Waals surface area contributed by atoms with E-state index in [1.807, 2.05) is 0 Å². The van der Waals surface area contributed by atoms with Gasteiger partial charge in [-0.25, -0.2) is 4.98 Å². The van der Waals surface area contributed by atoms with Crippen molar-refractivity contribution in [3.8, 4) is 0 Å². The highest BCUT2D eigenvalue weighted by atomic mass is 19.4. The third kappa shape index (κ3) is 5.73. The van der Waals surface area contributed by atoms with Crippen molar-refractivity contribution in [1.82, 2.24) is 9.97 Å². The molecule has 27 heavy (non-hydrogen) atoms. The van der Waals surface area contributed by atoms with Gasteiger partial charge < -0.3 is 10.6 Å². The van der Waals surface area contributed by atoms with Crippen molar-refractivity contribution in [2.45, 2.75) is 45.6 Å². The van der Waals surface area contributed by atoms with Crippen molar-refractivity contribution in [3.05, 3.63) is 41.1 Å². The van der Waals surface area contributed by atoms with Gasteiger partial charge in [-0.3, -0.25) is 0 Å². The van der Waals surface area contributed by atoms with Crippen LogP contribution in [0.1, 0.15) is 37.6 Å². The minimum atomic E-state index is -4.74. The number of hydrogen-bond acceptors (Lipinski definition) is 4. The van der Waals surface area contributed by atoms with Gasteiger partial charge in [0, 0.05) is 17.3 Å². The standard InChI is InChI=1S/C17H18F6N4/c1-9-5-6-10(7-11(9)16(18,19)20)24-13-8-12(17(21,22)23)25-14(26-13)27-15(2,3)4/h5-8H,1-4H3,(H2,24,25,26,27). The second-order valence-electron chi connectivity index (χ2n) is 6.99. The fourth-order valence-electron chi connectivity index (χ4n) is 2.20. The van der Waals surface area contributed by atoms with Crippen LogP contribution in [0.5, 0.6) is 0 Å². The van der Waals surface area contributed by atoms with Gasteiger partial charge in [0.2, 0.25) is 5.95 Å². The Morgan fingerprint density at radius 3 is 2.00 bits per heavy atom. The largest absolute Gasteiger partial charge is 0.433 e. The van der Waals surface area contributed by atoms with Crippen LogP contribution in [0.15, 0.2) is 24.3 Å². The highest BCUT2D eigenvalue weighted by Gasteiger charge is 2.35. The van der Waals surface area contributed by atoms with Gasteiger partial charge in [0.15, 0.2) is 5.69 Å². The quantitative estimate of drug-likeness (QED) is 0.651. The van der Waals surface area contributed by atoms with Gasteiger partial charge in [-0.05, 0) is 45.4 Å². The van der Waals surface area contributed by atoms with Gasteiger partial charge in [-0.15, -0.1) is 0 Å². The van der Waals surface area contributed by atoms with Gasteiger partial charge in [0.05, 0.1) is 5.56 Å². The number of alkyl halides is 6. The van der Waals surface area contributed by atoms with Crippen LogP contribution < -0.4 is 10.6 Å². The molecular weight excluding hydrogens is 374 g/mol. The minimum absolute atomic E-state index is 0.00167. The molecule has 0 spiro atoms. The number of benzene rings is 1. The molecule has 0 unspecified atom stereocenters. The van der Waals surface area contributed by atoms with Gasteiger partial charge in [0.25, 0.3) is 0 Å². The van der Waals surface area contributed by atoms with E-state index in [4.69, 9.17) is 0 Å². The zero-order chi connectivity index (χ0) is 20.6. The van der Waals surface area contributed by atoms with Crippen LogP contribution in [0.4, 0.5) is 43.8 Å². The van der Waals surface area contributed by atoms with E-state index in [1.165, 1.54) is 19.1 Å². The lowest BCUT2D eigenvalue weighted by atomic mass is 10.1. The summed E-state index contributed by atoms with van der Waals surface area (Å²) in [5.74, 6) is -0.566. The molecule has 0 saturated heterocycles. The Morgan fingerprint density at radius 2 is 1.48 bits per heavy atom. The molecule has 0 bridgehead atoms. The number of nitrogens with one attached hydrogen (secondary N) is 2. The Balaban J connectivity index is 2.45. The molecule has 1 heterocycles. The van der Waals surface area contributed by atoms with E-state index >= 15 is 0 Å². The topological polar surface area (TPSA) is 49.8 Å². The SMILES string of the molecule is Cc1ccc(Nc2cc(C(F)(F)F)nc(NC(C)(C)C)n2)cc1C(F)(F)F. The fourth-order valence-corrected chi connectivity index (χ4v) is 2.20. The van der Waals surface area contributed by atoms with E-state index in [-0.39, 0.29) is 23.0 Å². The average molecular weight is 392 g/mol. The van der Waals surface area contributed by atoms with Gasteiger partial charge >= 0.3 is 12.4 Å². The van der Waals surface area contributed by atoms with Crippen molar-refractivity contribution >= 4 is 17.5 Å². The average Bonchev–Trinajstić information content (AvgIpc) is 2.45. The lowest BCUT2D eigenvalue weighted by molar-refractivity contribution is -0.141. The van der Waals surface area contributed by atoms with Crippen molar-refractivity contribution in [3.63, 3.8) is 0 Å². The molecule has 148 valence electrons. The normalized spacial score (nSPS) is 12.8. The Hall–Kier alpha value is -2.52. The summed E-state index contributed by atoms with van der Waals surface area (Å²) in [6, 6.07) is 4.02. The number of anilines is 3. The third-order valence-corrected chi connectivity index (χ3v) is 3.32. The summed E-state index contributed by atoms with van der Waals surface area (Å²) in [6.45, 7) is 6.42. The Bertz CT molecular complexity index is 822. The van der Waals surface area contributed by atoms with E-state index in [2.05, 4.69) is 20.6 Å². The number of rotatable bonds is 3. The van der Waals surface area contributed by atoms with Crippen LogP contribution in [0.25, 0.3) is 0 Å². The fraction of sp³-hybridized carbons (Fsp3) is 0.412. The molecule has 1 aromatic heterocycles. The highest BCUT2D eigenvalue weighted by molar-refractivity contribution is 5.60. The van der Waals surface area contributed by atoms with Crippen LogP contribution in [-0.2, 0) is 12.4 Å². The maximum absolute atomic E-state index is 13.1. The molecule has 0 radical (unpaired) electrons. The predicted octanol–water partition coefficient (Wildman–Crippen LogP) is 5.78. The lowest BCUT2D eigenvalue weighted by Gasteiger charge is -2.22. The highest BCUT2D eigenvalue weighted by Crippen LogP contribution is 2.35. The summed E-state index contributed by atoms with van der Waals surface area (Å²) in [6.07, 6.45) is -9.32. The van der Waals surface area contributed by atoms with Gasteiger partial charge in [-0.2, -0.15) is 31.3 Å². The number of aryl methyl sites for hydroxylation is 1. The molecule has 0 aliphatic heterocycles. The lowest BCUT2D eigenvalue weighted by Crippen LogP contribution is -2.28. The summed E-state index contributed by atoms with van der Waals surface area (Å²) in [5.41, 5.74) is -2.75. The number of aromatic nitrogens is 2. The van der Waals surface area contributed by atoms with Crippen LogP contribution in [0, 0.1) is 6.92 Å². The van der Waals surface area contributed by atoms with Crippen molar-refractivity contribution < 1.29 is 26.3 Å². The van der Waals surface area contributed by atoms with Crippen LogP contribution in [0.3, 0.4) is 0 Å². The van der Waals surface area contributed by atoms with Gasteiger partial charge in [-0.1, -0.05) is 6.07 Å². The summed E-state index contributed by atoms with van der Waals surface area (Å²) < 4.78 is 78.4. The van der Waals surface area contributed by atoms with Crippen LogP contribution in [0.2, 0.25) is 0 Å². The molecule has 0 atom stereocenters. The molecule has 0 saturated carbocycles.